The molecule has 0 saturated heterocycles. The van der Waals surface area contributed by atoms with E-state index in [1.165, 1.54) is 23.5 Å². The number of amides is 1. The number of hydrogen-bond donors (Lipinski definition) is 0. The fraction of sp³-hybridized carbons (Fsp3) is 0.316. The van der Waals surface area contributed by atoms with Crippen LogP contribution >= 0.6 is 0 Å². The van der Waals surface area contributed by atoms with Gasteiger partial charge in [0.2, 0.25) is 0 Å². The molecule has 25 heavy (non-hydrogen) atoms. The van der Waals surface area contributed by atoms with Gasteiger partial charge in [0.05, 0.1) is 10.6 Å². The molecule has 6 heteroatoms. The van der Waals surface area contributed by atoms with E-state index in [0.29, 0.717) is 24.3 Å². The van der Waals surface area contributed by atoms with Crippen LogP contribution in [0.2, 0.25) is 0 Å². The molecule has 134 valence electrons. The van der Waals surface area contributed by atoms with Crippen LogP contribution in [0.15, 0.2) is 53.4 Å². The molecule has 0 heterocycles. The van der Waals surface area contributed by atoms with Gasteiger partial charge in [-0.15, -0.1) is 0 Å². The predicted molar refractivity (Wildman–Crippen MR) is 100 cm³/mol. The van der Waals surface area contributed by atoms with E-state index in [1.54, 1.807) is 29.2 Å². The number of sulfonamides is 1. The largest absolute Gasteiger partial charge is 0.339 e. The van der Waals surface area contributed by atoms with Crippen LogP contribution in [0.1, 0.15) is 29.8 Å². The molecule has 1 amide bonds. The van der Waals surface area contributed by atoms with Crippen LogP contribution in [0.25, 0.3) is 0 Å². The molecule has 0 aliphatic carbocycles. The van der Waals surface area contributed by atoms with Gasteiger partial charge >= 0.3 is 0 Å². The molecule has 0 bridgehead atoms. The normalized spacial score (nSPS) is 11.2. The highest BCUT2D eigenvalue weighted by Crippen LogP contribution is 2.25. The van der Waals surface area contributed by atoms with E-state index in [-0.39, 0.29) is 10.8 Å². The summed E-state index contributed by atoms with van der Waals surface area (Å²) in [5.74, 6) is -0.166. The monoisotopic (exact) mass is 360 g/mol. The number of benzene rings is 2. The Morgan fingerprint density at radius 1 is 1.00 bits per heavy atom. The van der Waals surface area contributed by atoms with E-state index in [4.69, 9.17) is 0 Å². The van der Waals surface area contributed by atoms with Crippen molar-refractivity contribution in [3.05, 3.63) is 59.7 Å². The lowest BCUT2D eigenvalue weighted by Gasteiger charge is -2.22. The highest BCUT2D eigenvalue weighted by atomic mass is 32.2. The minimum absolute atomic E-state index is 0.108. The second kappa shape index (κ2) is 7.70. The van der Waals surface area contributed by atoms with Crippen LogP contribution < -0.4 is 4.31 Å². The molecule has 2 aromatic carbocycles. The molecule has 0 radical (unpaired) electrons. The van der Waals surface area contributed by atoms with E-state index in [1.807, 2.05) is 32.9 Å². The fourth-order valence-corrected chi connectivity index (χ4v) is 3.99. The Balaban J connectivity index is 2.42. The first-order chi connectivity index (χ1) is 11.8. The van der Waals surface area contributed by atoms with E-state index in [2.05, 4.69) is 0 Å². The van der Waals surface area contributed by atoms with Crippen molar-refractivity contribution >= 4 is 21.6 Å². The maximum Gasteiger partial charge on any atom is 0.264 e. The van der Waals surface area contributed by atoms with Crippen molar-refractivity contribution in [3.63, 3.8) is 0 Å². The summed E-state index contributed by atoms with van der Waals surface area (Å²) >= 11 is 0. The number of carbonyl (C=O) groups is 1. The summed E-state index contributed by atoms with van der Waals surface area (Å²) in [5.41, 5.74) is 1.86. The smallest absolute Gasteiger partial charge is 0.264 e. The van der Waals surface area contributed by atoms with Gasteiger partial charge < -0.3 is 4.90 Å². The Morgan fingerprint density at radius 3 is 2.24 bits per heavy atom. The number of carbonyl (C=O) groups excluding carboxylic acids is 1. The summed E-state index contributed by atoms with van der Waals surface area (Å²) < 4.78 is 27.2. The summed E-state index contributed by atoms with van der Waals surface area (Å²) in [6.07, 6.45) is 0. The topological polar surface area (TPSA) is 57.7 Å². The number of aryl methyl sites for hydroxylation is 1. The first-order valence-corrected chi connectivity index (χ1v) is 9.70. The Hall–Kier alpha value is -2.34. The number of para-hydroxylation sites is 1. The highest BCUT2D eigenvalue weighted by molar-refractivity contribution is 7.92. The molecular weight excluding hydrogens is 336 g/mol. The first kappa shape index (κ1) is 19.0. The second-order valence-electron chi connectivity index (χ2n) is 5.76. The van der Waals surface area contributed by atoms with Gasteiger partial charge in [-0.1, -0.05) is 24.3 Å². The quantitative estimate of drug-likeness (QED) is 0.794. The molecule has 2 rings (SSSR count). The Kier molecular flexibility index (Phi) is 5.85. The van der Waals surface area contributed by atoms with Crippen molar-refractivity contribution in [1.29, 1.82) is 0 Å². The zero-order chi connectivity index (χ0) is 18.6. The van der Waals surface area contributed by atoms with Crippen LogP contribution in [0.4, 0.5) is 5.69 Å². The summed E-state index contributed by atoms with van der Waals surface area (Å²) in [5, 5.41) is 0. The molecular formula is C19H24N2O3S. The Labute approximate surface area is 149 Å². The summed E-state index contributed by atoms with van der Waals surface area (Å²) in [7, 11) is -2.22. The lowest BCUT2D eigenvalue weighted by Crippen LogP contribution is -2.31. The molecule has 5 nitrogen and oxygen atoms in total. The van der Waals surface area contributed by atoms with Crippen molar-refractivity contribution in [2.75, 3.05) is 24.4 Å². The van der Waals surface area contributed by atoms with Gasteiger partial charge in [-0.25, -0.2) is 8.42 Å². The van der Waals surface area contributed by atoms with Crippen molar-refractivity contribution in [1.82, 2.24) is 4.90 Å². The van der Waals surface area contributed by atoms with Crippen LogP contribution in [0, 0.1) is 6.92 Å². The van der Waals surface area contributed by atoms with E-state index >= 15 is 0 Å². The highest BCUT2D eigenvalue weighted by Gasteiger charge is 2.24. The van der Waals surface area contributed by atoms with Crippen LogP contribution in [0.3, 0.4) is 0 Å². The summed E-state index contributed by atoms with van der Waals surface area (Å²) in [6, 6.07) is 13.5. The second-order valence-corrected chi connectivity index (χ2v) is 7.73. The van der Waals surface area contributed by atoms with Crippen molar-refractivity contribution in [2.45, 2.75) is 25.7 Å². The fourth-order valence-electron chi connectivity index (χ4n) is 2.69. The minimum Gasteiger partial charge on any atom is -0.339 e. The van der Waals surface area contributed by atoms with Gasteiger partial charge in [-0.05, 0) is 50.6 Å². The van der Waals surface area contributed by atoms with Crippen molar-refractivity contribution in [3.8, 4) is 0 Å². The Morgan fingerprint density at radius 2 is 1.64 bits per heavy atom. The van der Waals surface area contributed by atoms with Crippen LogP contribution in [-0.4, -0.2) is 39.4 Å². The van der Waals surface area contributed by atoms with Gasteiger partial charge in [0, 0.05) is 25.7 Å². The zero-order valence-electron chi connectivity index (χ0n) is 15.1. The van der Waals surface area contributed by atoms with Crippen LogP contribution in [-0.2, 0) is 10.0 Å². The lowest BCUT2D eigenvalue weighted by atomic mass is 10.2. The maximum absolute atomic E-state index is 13.0. The Bertz CT molecular complexity index is 858. The molecule has 2 aromatic rings. The van der Waals surface area contributed by atoms with Crippen LogP contribution in [0.5, 0.6) is 0 Å². The maximum atomic E-state index is 13.0. The van der Waals surface area contributed by atoms with Crippen molar-refractivity contribution in [2.24, 2.45) is 0 Å². The predicted octanol–water partition coefficient (Wildman–Crippen LogP) is 3.30. The SMILES string of the molecule is CCN(CC)C(=O)c1cccc(S(=O)(=O)N(C)c2ccccc2C)c1. The minimum atomic E-state index is -3.75. The van der Waals surface area contributed by atoms with Gasteiger partial charge in [0.1, 0.15) is 0 Å². The molecule has 0 aromatic heterocycles. The van der Waals surface area contributed by atoms with E-state index < -0.39 is 10.0 Å². The first-order valence-electron chi connectivity index (χ1n) is 8.26. The molecule has 0 spiro atoms. The van der Waals surface area contributed by atoms with E-state index in [9.17, 15) is 13.2 Å². The van der Waals surface area contributed by atoms with Gasteiger partial charge in [0.15, 0.2) is 0 Å². The molecule has 0 aliphatic rings. The van der Waals surface area contributed by atoms with Gasteiger partial charge in [-0.2, -0.15) is 0 Å². The third-order valence-electron chi connectivity index (χ3n) is 4.24. The molecule has 0 fully saturated rings. The average molecular weight is 360 g/mol. The third kappa shape index (κ3) is 3.85. The summed E-state index contributed by atoms with van der Waals surface area (Å²) in [4.78, 5) is 14.3. The average Bonchev–Trinajstić information content (AvgIpc) is 2.62. The lowest BCUT2D eigenvalue weighted by molar-refractivity contribution is 0.0772. The van der Waals surface area contributed by atoms with Gasteiger partial charge in [-0.3, -0.25) is 9.10 Å². The standard InChI is InChI=1S/C19H24N2O3S/c1-5-21(6-2)19(22)16-11-9-12-17(14-16)25(23,24)20(4)18-13-8-7-10-15(18)3/h7-14H,5-6H2,1-4H3. The number of rotatable bonds is 6. The number of nitrogens with zero attached hydrogens (tertiary/aromatic N) is 2. The summed E-state index contributed by atoms with van der Waals surface area (Å²) in [6.45, 7) is 6.81. The molecule has 0 N–H and O–H groups in total. The number of hydrogen-bond acceptors (Lipinski definition) is 3. The molecule has 0 saturated carbocycles. The molecule has 0 aliphatic heterocycles. The van der Waals surface area contributed by atoms with Gasteiger partial charge in [0.25, 0.3) is 15.9 Å². The third-order valence-corrected chi connectivity index (χ3v) is 6.01. The molecule has 0 unspecified atom stereocenters. The van der Waals surface area contributed by atoms with E-state index in [0.717, 1.165) is 5.56 Å². The van der Waals surface area contributed by atoms with Crippen molar-refractivity contribution < 1.29 is 13.2 Å². The zero-order valence-corrected chi connectivity index (χ0v) is 15.9. The molecule has 0 atom stereocenters. The number of anilines is 1.